The second-order valence-electron chi connectivity index (χ2n) is 1.87. The van der Waals surface area contributed by atoms with E-state index in [1.165, 1.54) is 18.4 Å². The van der Waals surface area contributed by atoms with E-state index in [1.807, 2.05) is 0 Å². The summed E-state index contributed by atoms with van der Waals surface area (Å²) < 4.78 is 0. The van der Waals surface area contributed by atoms with Crippen molar-refractivity contribution in [2.45, 2.75) is 12.8 Å². The van der Waals surface area contributed by atoms with E-state index < -0.39 is 0 Å². The highest BCUT2D eigenvalue weighted by atomic mass is 14.2. The standard InChI is InChI=1S/C6H6/c1-2-5-4-6(5)3-1/h2,4H,1,3H2. The minimum Gasteiger partial charge on any atom is -0.0766 e. The zero-order chi connectivity index (χ0) is 3.98. The lowest BCUT2D eigenvalue weighted by molar-refractivity contribution is 1.07. The van der Waals surface area contributed by atoms with E-state index in [-0.39, 0.29) is 0 Å². The Morgan fingerprint density at radius 1 is 1.50 bits per heavy atom. The molecular formula is C6H6. The van der Waals surface area contributed by atoms with Gasteiger partial charge in [0.15, 0.2) is 0 Å². The minimum atomic E-state index is 1.31. The van der Waals surface area contributed by atoms with Crippen LogP contribution in [0.25, 0.3) is 0 Å². The van der Waals surface area contributed by atoms with E-state index in [9.17, 15) is 0 Å². The van der Waals surface area contributed by atoms with E-state index in [1.54, 1.807) is 5.57 Å². The van der Waals surface area contributed by atoms with Gasteiger partial charge in [0.25, 0.3) is 0 Å². The first-order valence-electron chi connectivity index (χ1n) is 2.38. The van der Waals surface area contributed by atoms with Gasteiger partial charge in [0.2, 0.25) is 0 Å². The molecule has 2 aliphatic carbocycles. The lowest BCUT2D eigenvalue weighted by Gasteiger charge is -1.70. The zero-order valence-corrected chi connectivity index (χ0v) is 3.57. The molecule has 2 rings (SSSR count). The van der Waals surface area contributed by atoms with Crippen LogP contribution in [0, 0.1) is 0 Å². The van der Waals surface area contributed by atoms with Gasteiger partial charge in [0.05, 0.1) is 0 Å². The third-order valence-electron chi connectivity index (χ3n) is 1.40. The van der Waals surface area contributed by atoms with Gasteiger partial charge in [0, 0.05) is 0 Å². The van der Waals surface area contributed by atoms with Gasteiger partial charge in [-0.15, -0.1) is 0 Å². The lowest BCUT2D eigenvalue weighted by atomic mass is 10.3. The van der Waals surface area contributed by atoms with Crippen LogP contribution in [-0.2, 0) is 0 Å². The van der Waals surface area contributed by atoms with Crippen LogP contribution in [0.15, 0.2) is 23.3 Å². The van der Waals surface area contributed by atoms with Gasteiger partial charge in [-0.05, 0) is 24.0 Å². The first-order valence-corrected chi connectivity index (χ1v) is 2.38. The average molecular weight is 78.1 g/mol. The maximum atomic E-state index is 2.30. The van der Waals surface area contributed by atoms with Crippen LogP contribution in [0.2, 0.25) is 0 Å². The fraction of sp³-hybridized carbons (Fsp3) is 0.333. The molecule has 0 saturated carbocycles. The molecule has 0 unspecified atom stereocenters. The van der Waals surface area contributed by atoms with Crippen molar-refractivity contribution in [3.8, 4) is 0 Å². The third kappa shape index (κ3) is 0.162. The highest BCUT2D eigenvalue weighted by Crippen LogP contribution is 2.37. The number of hydrogen-bond donors (Lipinski definition) is 0. The monoisotopic (exact) mass is 78.0 g/mol. The quantitative estimate of drug-likeness (QED) is 0.413. The molecule has 0 aliphatic heterocycles. The average Bonchev–Trinajstić information content (AvgIpc) is 2.17. The molecule has 2 aliphatic rings. The van der Waals surface area contributed by atoms with Crippen molar-refractivity contribution in [2.24, 2.45) is 0 Å². The fourth-order valence-corrected chi connectivity index (χ4v) is 0.941. The first-order chi connectivity index (χ1) is 2.97. The van der Waals surface area contributed by atoms with Crippen LogP contribution >= 0.6 is 0 Å². The third-order valence-corrected chi connectivity index (χ3v) is 1.40. The molecule has 0 atom stereocenters. The topological polar surface area (TPSA) is 0 Å². The summed E-state index contributed by atoms with van der Waals surface area (Å²) in [6, 6.07) is 0. The summed E-state index contributed by atoms with van der Waals surface area (Å²) >= 11 is 0. The summed E-state index contributed by atoms with van der Waals surface area (Å²) in [5.41, 5.74) is 3.14. The molecule has 0 heterocycles. The minimum absolute atomic E-state index is 1.31. The van der Waals surface area contributed by atoms with Gasteiger partial charge in [0.1, 0.15) is 0 Å². The van der Waals surface area contributed by atoms with Crippen molar-refractivity contribution < 1.29 is 0 Å². The number of rotatable bonds is 0. The Hall–Kier alpha value is -0.520. The van der Waals surface area contributed by atoms with Crippen LogP contribution in [0.5, 0.6) is 0 Å². The maximum absolute atomic E-state index is 2.30. The van der Waals surface area contributed by atoms with Gasteiger partial charge in [-0.3, -0.25) is 0 Å². The Morgan fingerprint density at radius 2 is 2.50 bits per heavy atom. The molecule has 0 saturated heterocycles. The second-order valence-corrected chi connectivity index (χ2v) is 1.87. The molecule has 6 heavy (non-hydrogen) atoms. The Labute approximate surface area is 37.2 Å². The normalized spacial score (nSPS) is 25.3. The van der Waals surface area contributed by atoms with E-state index in [4.69, 9.17) is 0 Å². The molecule has 30 valence electrons. The maximum Gasteiger partial charge on any atom is -0.0238 e. The van der Waals surface area contributed by atoms with Gasteiger partial charge >= 0.3 is 0 Å². The van der Waals surface area contributed by atoms with Crippen molar-refractivity contribution in [3.05, 3.63) is 23.3 Å². The zero-order valence-electron chi connectivity index (χ0n) is 3.57. The molecule has 0 aromatic rings. The summed E-state index contributed by atoms with van der Waals surface area (Å²) in [6.45, 7) is 0. The number of hydrogen-bond acceptors (Lipinski definition) is 0. The summed E-state index contributed by atoms with van der Waals surface area (Å²) in [7, 11) is 0. The van der Waals surface area contributed by atoms with Crippen molar-refractivity contribution in [3.63, 3.8) is 0 Å². The molecule has 0 bridgehead atoms. The van der Waals surface area contributed by atoms with Gasteiger partial charge in [-0.25, -0.2) is 0 Å². The fourth-order valence-electron chi connectivity index (χ4n) is 0.941. The Kier molecular flexibility index (Phi) is 0.264. The number of fused-ring (bicyclic) bond motifs is 1. The molecule has 0 aromatic heterocycles. The van der Waals surface area contributed by atoms with E-state index >= 15 is 0 Å². The van der Waals surface area contributed by atoms with Gasteiger partial charge in [-0.2, -0.15) is 0 Å². The van der Waals surface area contributed by atoms with E-state index in [0.717, 1.165) is 0 Å². The molecule has 0 amide bonds. The summed E-state index contributed by atoms with van der Waals surface area (Å²) in [6.07, 6.45) is 7.19. The van der Waals surface area contributed by atoms with Crippen LogP contribution in [0.3, 0.4) is 0 Å². The van der Waals surface area contributed by atoms with Gasteiger partial charge in [-0.1, -0.05) is 12.2 Å². The molecule has 0 heteroatoms. The largest absolute Gasteiger partial charge is 0.0766 e. The van der Waals surface area contributed by atoms with Crippen molar-refractivity contribution in [1.82, 2.24) is 0 Å². The first kappa shape index (κ1) is 2.62. The highest BCUT2D eigenvalue weighted by molar-refractivity contribution is 5.60. The van der Waals surface area contributed by atoms with Crippen LogP contribution in [-0.4, -0.2) is 0 Å². The molecule has 0 N–H and O–H groups in total. The van der Waals surface area contributed by atoms with Crippen LogP contribution in [0.1, 0.15) is 12.8 Å². The Bertz CT molecular complexity index is 135. The molecule has 0 radical (unpaired) electrons. The molecule has 0 aromatic carbocycles. The summed E-state index contributed by atoms with van der Waals surface area (Å²) in [5.74, 6) is 0. The molecule has 0 nitrogen and oxygen atoms in total. The van der Waals surface area contributed by atoms with Crippen molar-refractivity contribution in [1.29, 1.82) is 0 Å². The van der Waals surface area contributed by atoms with Gasteiger partial charge < -0.3 is 0 Å². The Balaban J connectivity index is 2.46. The van der Waals surface area contributed by atoms with Crippen molar-refractivity contribution in [2.75, 3.05) is 0 Å². The van der Waals surface area contributed by atoms with Crippen molar-refractivity contribution >= 4 is 0 Å². The Morgan fingerprint density at radius 3 is 2.67 bits per heavy atom. The van der Waals surface area contributed by atoms with Crippen LogP contribution < -0.4 is 0 Å². The highest BCUT2D eigenvalue weighted by Gasteiger charge is 2.18. The lowest BCUT2D eigenvalue weighted by Crippen LogP contribution is -1.52. The predicted molar refractivity (Wildman–Crippen MR) is 25.4 cm³/mol. The smallest absolute Gasteiger partial charge is 0.0238 e. The van der Waals surface area contributed by atoms with Crippen LogP contribution in [0.4, 0.5) is 0 Å². The van der Waals surface area contributed by atoms with E-state index in [2.05, 4.69) is 12.2 Å². The number of allylic oxidation sites excluding steroid dienone is 4. The summed E-state index contributed by atoms with van der Waals surface area (Å²) in [4.78, 5) is 0. The molecule has 0 spiro atoms. The molecule has 0 fully saturated rings. The second kappa shape index (κ2) is 0.604. The molecular weight excluding hydrogens is 72.1 g/mol. The predicted octanol–water partition coefficient (Wildman–Crippen LogP) is 1.65. The van der Waals surface area contributed by atoms with E-state index in [0.29, 0.717) is 0 Å². The summed E-state index contributed by atoms with van der Waals surface area (Å²) in [5, 5.41) is 0. The SMILES string of the molecule is C1=C2C=C2CC1.